The van der Waals surface area contributed by atoms with Crippen molar-refractivity contribution in [3.8, 4) is 11.5 Å². The average molecular weight is 298 g/mol. The van der Waals surface area contributed by atoms with E-state index < -0.39 is 0 Å². The first kappa shape index (κ1) is 13.8. The number of methoxy groups -OCH3 is 1. The van der Waals surface area contributed by atoms with E-state index in [9.17, 15) is 0 Å². The van der Waals surface area contributed by atoms with E-state index in [4.69, 9.17) is 38.4 Å². The lowest BCUT2D eigenvalue weighted by Crippen LogP contribution is -1.99. The number of benzene rings is 2. The zero-order chi connectivity index (χ0) is 13.8. The van der Waals surface area contributed by atoms with Gasteiger partial charge in [0.1, 0.15) is 12.4 Å². The Balaban J connectivity index is 2.13. The molecule has 0 fully saturated rings. The molecule has 19 heavy (non-hydrogen) atoms. The maximum atomic E-state index is 6.02. The van der Waals surface area contributed by atoms with Crippen LogP contribution < -0.4 is 15.2 Å². The number of para-hydroxylation sites is 1. The first-order valence-corrected chi connectivity index (χ1v) is 6.36. The van der Waals surface area contributed by atoms with Crippen LogP contribution in [0.1, 0.15) is 5.56 Å². The molecule has 2 aromatic carbocycles. The number of ether oxygens (including phenoxy) is 2. The molecule has 0 radical (unpaired) electrons. The monoisotopic (exact) mass is 297 g/mol. The highest BCUT2D eigenvalue weighted by atomic mass is 35.5. The summed E-state index contributed by atoms with van der Waals surface area (Å²) in [5.41, 5.74) is 7.30. The van der Waals surface area contributed by atoms with E-state index in [1.165, 1.54) is 0 Å². The fraction of sp³-hybridized carbons (Fsp3) is 0.143. The molecule has 5 heteroatoms. The predicted octanol–water partition coefficient (Wildman–Crippen LogP) is 4.16. The quantitative estimate of drug-likeness (QED) is 0.862. The molecule has 0 aromatic heterocycles. The number of nitrogen functional groups attached to an aromatic ring is 1. The summed E-state index contributed by atoms with van der Waals surface area (Å²) in [6.45, 7) is 0.331. The van der Waals surface area contributed by atoms with Gasteiger partial charge in [-0.1, -0.05) is 35.3 Å². The minimum absolute atomic E-state index is 0.331. The van der Waals surface area contributed by atoms with Crippen molar-refractivity contribution < 1.29 is 9.47 Å². The summed E-state index contributed by atoms with van der Waals surface area (Å²) in [5.74, 6) is 1.11. The van der Waals surface area contributed by atoms with Gasteiger partial charge < -0.3 is 15.2 Å². The first-order chi connectivity index (χ1) is 9.11. The van der Waals surface area contributed by atoms with Crippen LogP contribution in [0.5, 0.6) is 11.5 Å². The van der Waals surface area contributed by atoms with E-state index in [1.54, 1.807) is 37.4 Å². The van der Waals surface area contributed by atoms with Crippen molar-refractivity contribution in [1.29, 1.82) is 0 Å². The maximum absolute atomic E-state index is 6.02. The standard InChI is InChI=1S/C14H13Cl2NO2/c1-18-13-6-5-9(7-12(13)17)8-19-14-10(15)3-2-4-11(14)16/h2-7H,8,17H2,1H3. The largest absolute Gasteiger partial charge is 0.495 e. The zero-order valence-corrected chi connectivity index (χ0v) is 11.8. The van der Waals surface area contributed by atoms with Crippen molar-refractivity contribution in [2.45, 2.75) is 6.61 Å². The summed E-state index contributed by atoms with van der Waals surface area (Å²) in [6, 6.07) is 10.7. The van der Waals surface area contributed by atoms with Crippen LogP contribution in [-0.2, 0) is 6.61 Å². The first-order valence-electron chi connectivity index (χ1n) is 5.61. The Morgan fingerprint density at radius 3 is 2.37 bits per heavy atom. The summed E-state index contributed by atoms with van der Waals surface area (Å²) in [5, 5.41) is 0.961. The molecule has 2 rings (SSSR count). The van der Waals surface area contributed by atoms with Gasteiger partial charge in [-0.2, -0.15) is 0 Å². The van der Waals surface area contributed by atoms with E-state index in [0.29, 0.717) is 33.8 Å². The average Bonchev–Trinajstić information content (AvgIpc) is 2.38. The van der Waals surface area contributed by atoms with Gasteiger partial charge in [0.05, 0.1) is 22.8 Å². The molecule has 0 aliphatic carbocycles. The normalized spacial score (nSPS) is 10.3. The van der Waals surface area contributed by atoms with Crippen LogP contribution in [0.15, 0.2) is 36.4 Å². The molecule has 0 saturated carbocycles. The molecule has 0 unspecified atom stereocenters. The lowest BCUT2D eigenvalue weighted by molar-refractivity contribution is 0.306. The molecule has 0 atom stereocenters. The van der Waals surface area contributed by atoms with E-state index >= 15 is 0 Å². The molecule has 0 bridgehead atoms. The van der Waals surface area contributed by atoms with Gasteiger partial charge in [-0.25, -0.2) is 0 Å². The Morgan fingerprint density at radius 1 is 1.11 bits per heavy atom. The van der Waals surface area contributed by atoms with E-state index in [-0.39, 0.29) is 0 Å². The third kappa shape index (κ3) is 3.25. The van der Waals surface area contributed by atoms with Gasteiger partial charge in [-0.15, -0.1) is 0 Å². The van der Waals surface area contributed by atoms with Crippen molar-refractivity contribution in [2.75, 3.05) is 12.8 Å². The minimum atomic E-state index is 0.331. The molecule has 0 aliphatic rings. The summed E-state index contributed by atoms with van der Waals surface area (Å²) in [4.78, 5) is 0. The Bertz CT molecular complexity index is 567. The fourth-order valence-electron chi connectivity index (χ4n) is 1.65. The molecule has 0 heterocycles. The number of hydrogen-bond acceptors (Lipinski definition) is 3. The Kier molecular flexibility index (Phi) is 4.40. The molecule has 2 N–H and O–H groups in total. The van der Waals surface area contributed by atoms with Crippen LogP contribution in [0.25, 0.3) is 0 Å². The van der Waals surface area contributed by atoms with Crippen LogP contribution in [0, 0.1) is 0 Å². The van der Waals surface area contributed by atoms with Crippen LogP contribution in [0.2, 0.25) is 10.0 Å². The molecular formula is C14H13Cl2NO2. The van der Waals surface area contributed by atoms with Crippen molar-refractivity contribution in [2.24, 2.45) is 0 Å². The Morgan fingerprint density at radius 2 is 1.79 bits per heavy atom. The van der Waals surface area contributed by atoms with Gasteiger partial charge in [-0.05, 0) is 29.8 Å². The van der Waals surface area contributed by atoms with Gasteiger partial charge >= 0.3 is 0 Å². The van der Waals surface area contributed by atoms with E-state index in [0.717, 1.165) is 5.56 Å². The fourth-order valence-corrected chi connectivity index (χ4v) is 2.16. The van der Waals surface area contributed by atoms with Gasteiger partial charge in [0.25, 0.3) is 0 Å². The smallest absolute Gasteiger partial charge is 0.156 e. The second-order valence-corrected chi connectivity index (χ2v) is 4.73. The molecule has 0 saturated heterocycles. The Labute approximate surface area is 121 Å². The topological polar surface area (TPSA) is 44.5 Å². The van der Waals surface area contributed by atoms with Gasteiger partial charge in [-0.3, -0.25) is 0 Å². The number of rotatable bonds is 4. The summed E-state index contributed by atoms with van der Waals surface area (Å²) in [6.07, 6.45) is 0. The highest BCUT2D eigenvalue weighted by Crippen LogP contribution is 2.33. The van der Waals surface area contributed by atoms with E-state index in [1.807, 2.05) is 6.07 Å². The SMILES string of the molecule is COc1ccc(COc2c(Cl)cccc2Cl)cc1N. The van der Waals surface area contributed by atoms with Gasteiger partial charge in [0, 0.05) is 0 Å². The zero-order valence-electron chi connectivity index (χ0n) is 10.3. The van der Waals surface area contributed by atoms with Crippen LogP contribution in [-0.4, -0.2) is 7.11 Å². The third-order valence-corrected chi connectivity index (χ3v) is 3.19. The van der Waals surface area contributed by atoms with Crippen molar-refractivity contribution in [3.63, 3.8) is 0 Å². The lowest BCUT2D eigenvalue weighted by Gasteiger charge is -2.11. The number of hydrogen-bond donors (Lipinski definition) is 1. The van der Waals surface area contributed by atoms with Crippen molar-refractivity contribution in [3.05, 3.63) is 52.0 Å². The predicted molar refractivity (Wildman–Crippen MR) is 78.2 cm³/mol. The Hall–Kier alpha value is -1.58. The summed E-state index contributed by atoms with van der Waals surface area (Å²) >= 11 is 12.0. The lowest BCUT2D eigenvalue weighted by atomic mass is 10.2. The van der Waals surface area contributed by atoms with E-state index in [2.05, 4.69) is 0 Å². The van der Waals surface area contributed by atoms with Crippen LogP contribution in [0.3, 0.4) is 0 Å². The highest BCUT2D eigenvalue weighted by molar-refractivity contribution is 6.37. The maximum Gasteiger partial charge on any atom is 0.156 e. The van der Waals surface area contributed by atoms with Gasteiger partial charge in [0.2, 0.25) is 0 Å². The summed E-state index contributed by atoms with van der Waals surface area (Å²) < 4.78 is 10.7. The second-order valence-electron chi connectivity index (χ2n) is 3.92. The van der Waals surface area contributed by atoms with Crippen molar-refractivity contribution in [1.82, 2.24) is 0 Å². The number of anilines is 1. The second kappa shape index (κ2) is 6.04. The molecule has 0 amide bonds. The number of halogens is 2. The minimum Gasteiger partial charge on any atom is -0.495 e. The molecule has 0 aliphatic heterocycles. The molecule has 0 spiro atoms. The number of nitrogens with two attached hydrogens (primary N) is 1. The molecule has 3 nitrogen and oxygen atoms in total. The van der Waals surface area contributed by atoms with Crippen LogP contribution in [0.4, 0.5) is 5.69 Å². The summed E-state index contributed by atoms with van der Waals surface area (Å²) in [7, 11) is 1.57. The van der Waals surface area contributed by atoms with Gasteiger partial charge in [0.15, 0.2) is 5.75 Å². The van der Waals surface area contributed by atoms with Crippen molar-refractivity contribution >= 4 is 28.9 Å². The molecule has 2 aromatic rings. The highest BCUT2D eigenvalue weighted by Gasteiger charge is 2.07. The molecular weight excluding hydrogens is 285 g/mol. The third-order valence-electron chi connectivity index (χ3n) is 2.60. The van der Waals surface area contributed by atoms with Crippen LogP contribution >= 0.6 is 23.2 Å². The molecule has 100 valence electrons.